The molecule has 0 aliphatic carbocycles. The molecule has 1 aliphatic rings. The Morgan fingerprint density at radius 1 is 1.28 bits per heavy atom. The average molecular weight is 343 g/mol. The highest BCUT2D eigenvalue weighted by molar-refractivity contribution is 5.93. The minimum absolute atomic E-state index is 0.192. The second-order valence-electron chi connectivity index (χ2n) is 5.55. The number of rotatable bonds is 5. The lowest BCUT2D eigenvalue weighted by Gasteiger charge is -2.10. The number of hydrazine groups is 2. The van der Waals surface area contributed by atoms with E-state index in [1.807, 2.05) is 6.92 Å². The largest absolute Gasteiger partial charge is 0.504 e. The number of nitrogens with zero attached hydrogens (tertiary/aromatic N) is 1. The summed E-state index contributed by atoms with van der Waals surface area (Å²) < 4.78 is 18.5. The molecule has 0 spiro atoms. The van der Waals surface area contributed by atoms with Gasteiger partial charge >= 0.3 is 0 Å². The number of halogens is 1. The summed E-state index contributed by atoms with van der Waals surface area (Å²) in [6.45, 7) is 1.95. The number of allylic oxidation sites excluding steroid dienone is 1. The summed E-state index contributed by atoms with van der Waals surface area (Å²) >= 11 is 0. The molecule has 25 heavy (non-hydrogen) atoms. The maximum absolute atomic E-state index is 12.9. The van der Waals surface area contributed by atoms with Crippen molar-refractivity contribution in [1.29, 1.82) is 0 Å². The first-order valence-corrected chi connectivity index (χ1v) is 7.85. The molecule has 1 aromatic heterocycles. The zero-order chi connectivity index (χ0) is 17.8. The van der Waals surface area contributed by atoms with Crippen molar-refractivity contribution in [3.05, 3.63) is 77.3 Å². The SMILES string of the molecule is CCC1=CN(C(=O)C=C(O)c2ccc(Cc3ccc(F)cc3)o2)NN1. The van der Waals surface area contributed by atoms with Crippen molar-refractivity contribution in [2.45, 2.75) is 19.8 Å². The van der Waals surface area contributed by atoms with Gasteiger partial charge in [-0.3, -0.25) is 4.79 Å². The third kappa shape index (κ3) is 4.07. The van der Waals surface area contributed by atoms with Crippen LogP contribution < -0.4 is 11.0 Å². The first-order chi connectivity index (χ1) is 12.0. The minimum Gasteiger partial charge on any atom is -0.504 e. The van der Waals surface area contributed by atoms with Crippen LogP contribution in [0.1, 0.15) is 30.4 Å². The summed E-state index contributed by atoms with van der Waals surface area (Å²) in [5.74, 6) is -0.214. The molecule has 0 radical (unpaired) electrons. The van der Waals surface area contributed by atoms with Gasteiger partial charge in [0.2, 0.25) is 0 Å². The fourth-order valence-corrected chi connectivity index (χ4v) is 2.32. The maximum atomic E-state index is 12.9. The molecule has 3 rings (SSSR count). The Labute approximate surface area is 144 Å². The fraction of sp³-hybridized carbons (Fsp3) is 0.167. The molecule has 7 heteroatoms. The van der Waals surface area contributed by atoms with E-state index in [1.54, 1.807) is 30.5 Å². The minimum atomic E-state index is -0.440. The molecule has 0 saturated heterocycles. The second kappa shape index (κ2) is 7.23. The number of nitrogens with one attached hydrogen (secondary N) is 2. The predicted molar refractivity (Wildman–Crippen MR) is 90.0 cm³/mol. The third-order valence-corrected chi connectivity index (χ3v) is 3.71. The second-order valence-corrected chi connectivity index (χ2v) is 5.55. The lowest BCUT2D eigenvalue weighted by atomic mass is 10.1. The van der Waals surface area contributed by atoms with Crippen molar-refractivity contribution in [1.82, 2.24) is 16.0 Å². The van der Waals surface area contributed by atoms with E-state index in [9.17, 15) is 14.3 Å². The number of carbonyl (C=O) groups is 1. The van der Waals surface area contributed by atoms with E-state index in [2.05, 4.69) is 11.0 Å². The number of amides is 1. The lowest BCUT2D eigenvalue weighted by molar-refractivity contribution is -0.125. The van der Waals surface area contributed by atoms with Crippen molar-refractivity contribution in [2.75, 3.05) is 0 Å². The smallest absolute Gasteiger partial charge is 0.270 e. The van der Waals surface area contributed by atoms with Crippen LogP contribution in [0, 0.1) is 5.82 Å². The van der Waals surface area contributed by atoms with Crippen LogP contribution in [-0.2, 0) is 11.2 Å². The van der Waals surface area contributed by atoms with E-state index in [0.29, 0.717) is 12.2 Å². The molecule has 0 saturated carbocycles. The molecule has 0 unspecified atom stereocenters. The number of benzene rings is 1. The summed E-state index contributed by atoms with van der Waals surface area (Å²) in [4.78, 5) is 12.1. The summed E-state index contributed by atoms with van der Waals surface area (Å²) in [6, 6.07) is 9.38. The number of carbonyl (C=O) groups excluding carboxylic acids is 1. The van der Waals surface area contributed by atoms with Crippen LogP contribution in [0.4, 0.5) is 4.39 Å². The van der Waals surface area contributed by atoms with Crippen molar-refractivity contribution in [3.8, 4) is 0 Å². The van der Waals surface area contributed by atoms with Crippen LogP contribution >= 0.6 is 0 Å². The maximum Gasteiger partial charge on any atom is 0.270 e. The van der Waals surface area contributed by atoms with E-state index >= 15 is 0 Å². The van der Waals surface area contributed by atoms with Crippen molar-refractivity contribution in [3.63, 3.8) is 0 Å². The summed E-state index contributed by atoms with van der Waals surface area (Å²) in [6.07, 6.45) is 3.90. The first kappa shape index (κ1) is 16.8. The lowest BCUT2D eigenvalue weighted by Crippen LogP contribution is -2.39. The van der Waals surface area contributed by atoms with Crippen LogP contribution in [0.5, 0.6) is 0 Å². The summed E-state index contributed by atoms with van der Waals surface area (Å²) in [7, 11) is 0. The molecular formula is C18H18FN3O3. The zero-order valence-corrected chi connectivity index (χ0v) is 13.6. The highest BCUT2D eigenvalue weighted by atomic mass is 19.1. The van der Waals surface area contributed by atoms with Gasteiger partial charge in [-0.1, -0.05) is 19.1 Å². The normalized spacial score (nSPS) is 14.4. The fourth-order valence-electron chi connectivity index (χ4n) is 2.32. The van der Waals surface area contributed by atoms with Gasteiger partial charge in [-0.15, -0.1) is 5.53 Å². The van der Waals surface area contributed by atoms with E-state index < -0.39 is 5.91 Å². The Bertz CT molecular complexity index is 824. The Hall–Kier alpha value is -3.06. The van der Waals surface area contributed by atoms with Gasteiger partial charge in [0.1, 0.15) is 11.6 Å². The average Bonchev–Trinajstić information content (AvgIpc) is 3.26. The molecule has 0 fully saturated rings. The van der Waals surface area contributed by atoms with E-state index in [-0.39, 0.29) is 17.3 Å². The molecule has 1 aromatic carbocycles. The third-order valence-electron chi connectivity index (χ3n) is 3.71. The van der Waals surface area contributed by atoms with Gasteiger partial charge in [0.25, 0.3) is 5.91 Å². The van der Waals surface area contributed by atoms with Gasteiger partial charge in [-0.2, -0.15) is 0 Å². The Balaban J connectivity index is 1.67. The summed E-state index contributed by atoms with van der Waals surface area (Å²) in [5, 5.41) is 11.3. The highest BCUT2D eigenvalue weighted by Crippen LogP contribution is 2.19. The van der Waals surface area contributed by atoms with Gasteiger partial charge in [0.15, 0.2) is 11.5 Å². The Morgan fingerprint density at radius 3 is 2.72 bits per heavy atom. The van der Waals surface area contributed by atoms with Crippen LogP contribution in [0.15, 0.2) is 58.8 Å². The molecule has 130 valence electrons. The van der Waals surface area contributed by atoms with Gasteiger partial charge in [0, 0.05) is 18.3 Å². The Morgan fingerprint density at radius 2 is 2.04 bits per heavy atom. The van der Waals surface area contributed by atoms with E-state index in [1.165, 1.54) is 17.1 Å². The molecule has 1 amide bonds. The number of aliphatic hydroxyl groups is 1. The number of hydrogen-bond acceptors (Lipinski definition) is 5. The van der Waals surface area contributed by atoms with Crippen LogP contribution in [-0.4, -0.2) is 16.0 Å². The highest BCUT2D eigenvalue weighted by Gasteiger charge is 2.17. The summed E-state index contributed by atoms with van der Waals surface area (Å²) in [5.41, 5.74) is 7.26. The first-order valence-electron chi connectivity index (χ1n) is 7.85. The molecule has 0 bridgehead atoms. The van der Waals surface area contributed by atoms with Gasteiger partial charge in [-0.25, -0.2) is 9.40 Å². The van der Waals surface area contributed by atoms with Gasteiger partial charge in [-0.05, 0) is 36.2 Å². The Kier molecular flexibility index (Phi) is 4.85. The molecule has 0 atom stereocenters. The van der Waals surface area contributed by atoms with E-state index in [0.717, 1.165) is 23.8 Å². The van der Waals surface area contributed by atoms with Gasteiger partial charge in [0.05, 0.1) is 6.08 Å². The van der Waals surface area contributed by atoms with Crippen LogP contribution in [0.2, 0.25) is 0 Å². The number of aliphatic hydroxyl groups excluding tert-OH is 1. The molecule has 2 heterocycles. The molecule has 3 N–H and O–H groups in total. The van der Waals surface area contributed by atoms with E-state index in [4.69, 9.17) is 4.42 Å². The molecular weight excluding hydrogens is 325 g/mol. The molecule has 6 nitrogen and oxygen atoms in total. The molecule has 1 aliphatic heterocycles. The predicted octanol–water partition coefficient (Wildman–Crippen LogP) is 3.01. The standard InChI is InChI=1S/C18H18FN3O3/c1-2-14-11-22(21-20-14)18(24)10-16(23)17-8-7-15(25-17)9-12-3-5-13(19)6-4-12/h3-8,10-11,20-21,23H,2,9H2,1H3. The van der Waals surface area contributed by atoms with Crippen molar-refractivity contribution < 1.29 is 18.7 Å². The zero-order valence-electron chi connectivity index (χ0n) is 13.6. The van der Waals surface area contributed by atoms with Crippen molar-refractivity contribution in [2.24, 2.45) is 0 Å². The van der Waals surface area contributed by atoms with Gasteiger partial charge < -0.3 is 14.9 Å². The molecule has 2 aromatic rings. The van der Waals surface area contributed by atoms with Crippen LogP contribution in [0.25, 0.3) is 5.76 Å². The quantitative estimate of drug-likeness (QED) is 0.575. The number of hydrogen-bond donors (Lipinski definition) is 3. The topological polar surface area (TPSA) is 77.7 Å². The number of furan rings is 1. The van der Waals surface area contributed by atoms with Crippen molar-refractivity contribution >= 4 is 11.7 Å². The monoisotopic (exact) mass is 343 g/mol. The van der Waals surface area contributed by atoms with Crippen LogP contribution in [0.3, 0.4) is 0 Å².